The monoisotopic (exact) mass is 231 g/mol. The van der Waals surface area contributed by atoms with E-state index in [0.29, 0.717) is 22.3 Å². The highest BCUT2D eigenvalue weighted by atomic mass is 16.2. The van der Waals surface area contributed by atoms with Crippen LogP contribution in [-0.2, 0) is 15.0 Å². The second-order valence-corrected chi connectivity index (χ2v) is 4.17. The number of fused-ring (bicyclic) bond motifs is 2. The maximum absolute atomic E-state index is 11.8. The van der Waals surface area contributed by atoms with Crippen LogP contribution in [0.2, 0.25) is 0 Å². The highest BCUT2D eigenvalue weighted by molar-refractivity contribution is 6.20. The number of hydrogen-bond acceptors (Lipinski definition) is 4. The zero-order valence-electron chi connectivity index (χ0n) is 8.94. The van der Waals surface area contributed by atoms with Crippen molar-refractivity contribution in [2.75, 3.05) is 5.32 Å². The van der Waals surface area contributed by atoms with Gasteiger partial charge in [-0.05, 0) is 19.1 Å². The molecule has 1 aromatic carbocycles. The van der Waals surface area contributed by atoms with Crippen LogP contribution in [0.25, 0.3) is 11.0 Å². The van der Waals surface area contributed by atoms with Gasteiger partial charge in [0.25, 0.3) is 0 Å². The van der Waals surface area contributed by atoms with E-state index in [1.807, 2.05) is 0 Å². The molecule has 0 spiro atoms. The smallest absolute Gasteiger partial charge is 0.244 e. The third-order valence-corrected chi connectivity index (χ3v) is 3.20. The molecule has 0 bridgehead atoms. The van der Waals surface area contributed by atoms with Crippen LogP contribution >= 0.6 is 0 Å². The standard InChI is InChI=1S/C10H9N5O2/c1-10(8(11)16)4-2-6-7(14-15-13-6)3-5(4)12-9(10)17/h2-3H,1H3,(H2,11,16)(H,12,17)(H,13,14,15). The molecular formula is C10H9N5O2. The van der Waals surface area contributed by atoms with Crippen molar-refractivity contribution in [3.8, 4) is 0 Å². The van der Waals surface area contributed by atoms with E-state index in [4.69, 9.17) is 5.73 Å². The van der Waals surface area contributed by atoms with Crippen molar-refractivity contribution in [1.29, 1.82) is 0 Å². The van der Waals surface area contributed by atoms with Crippen LogP contribution in [0, 0.1) is 0 Å². The summed E-state index contributed by atoms with van der Waals surface area (Å²) in [7, 11) is 0. The Morgan fingerprint density at radius 2 is 2.24 bits per heavy atom. The van der Waals surface area contributed by atoms with Gasteiger partial charge in [0, 0.05) is 11.3 Å². The number of aromatic nitrogens is 3. The van der Waals surface area contributed by atoms with Gasteiger partial charge in [0.1, 0.15) is 5.52 Å². The Hall–Kier alpha value is -2.44. The molecule has 0 radical (unpaired) electrons. The SMILES string of the molecule is CC1(C(N)=O)C(=O)Nc2cc3nn[nH]c3cc21. The molecule has 1 aliphatic heterocycles. The van der Waals surface area contributed by atoms with Crippen LogP contribution in [0.3, 0.4) is 0 Å². The van der Waals surface area contributed by atoms with E-state index in [2.05, 4.69) is 20.7 Å². The van der Waals surface area contributed by atoms with E-state index in [0.717, 1.165) is 0 Å². The number of primary amides is 1. The van der Waals surface area contributed by atoms with Crippen LogP contribution in [0.4, 0.5) is 5.69 Å². The quantitative estimate of drug-likeness (QED) is 0.582. The third-order valence-electron chi connectivity index (χ3n) is 3.20. The summed E-state index contributed by atoms with van der Waals surface area (Å²) in [5, 5.41) is 12.8. The molecule has 3 rings (SSSR count). The third kappa shape index (κ3) is 1.05. The summed E-state index contributed by atoms with van der Waals surface area (Å²) < 4.78 is 0. The minimum atomic E-state index is -1.34. The molecule has 86 valence electrons. The first-order chi connectivity index (χ1) is 8.03. The van der Waals surface area contributed by atoms with Crippen LogP contribution in [0.5, 0.6) is 0 Å². The van der Waals surface area contributed by atoms with Gasteiger partial charge in [0.2, 0.25) is 11.8 Å². The van der Waals surface area contributed by atoms with Crippen molar-refractivity contribution < 1.29 is 9.59 Å². The van der Waals surface area contributed by atoms with Gasteiger partial charge in [0.15, 0.2) is 5.41 Å². The number of nitrogens with zero attached hydrogens (tertiary/aromatic N) is 2. The van der Waals surface area contributed by atoms with E-state index < -0.39 is 17.2 Å². The number of amides is 2. The van der Waals surface area contributed by atoms with E-state index in [1.54, 1.807) is 12.1 Å². The van der Waals surface area contributed by atoms with Crippen molar-refractivity contribution in [2.45, 2.75) is 12.3 Å². The van der Waals surface area contributed by atoms with Crippen molar-refractivity contribution in [1.82, 2.24) is 15.4 Å². The Labute approximate surface area is 95.4 Å². The topological polar surface area (TPSA) is 114 Å². The highest BCUT2D eigenvalue weighted by Crippen LogP contribution is 2.39. The Balaban J connectivity index is 2.33. The average Bonchev–Trinajstić information content (AvgIpc) is 2.81. The normalized spacial score (nSPS) is 22.5. The summed E-state index contributed by atoms with van der Waals surface area (Å²) >= 11 is 0. The number of anilines is 1. The fourth-order valence-electron chi connectivity index (χ4n) is 2.02. The summed E-state index contributed by atoms with van der Waals surface area (Å²) in [4.78, 5) is 23.3. The molecule has 0 fully saturated rings. The van der Waals surface area contributed by atoms with Gasteiger partial charge >= 0.3 is 0 Å². The molecule has 7 heteroatoms. The molecule has 1 aliphatic rings. The number of nitrogens with two attached hydrogens (primary N) is 1. The van der Waals surface area contributed by atoms with E-state index >= 15 is 0 Å². The number of nitrogens with one attached hydrogen (secondary N) is 2. The largest absolute Gasteiger partial charge is 0.368 e. The van der Waals surface area contributed by atoms with Crippen molar-refractivity contribution in [3.63, 3.8) is 0 Å². The van der Waals surface area contributed by atoms with E-state index in [-0.39, 0.29) is 0 Å². The maximum atomic E-state index is 11.8. The molecule has 0 aliphatic carbocycles. The van der Waals surface area contributed by atoms with Gasteiger partial charge in [-0.25, -0.2) is 0 Å². The van der Waals surface area contributed by atoms with Crippen LogP contribution in [0.15, 0.2) is 12.1 Å². The lowest BCUT2D eigenvalue weighted by Crippen LogP contribution is -2.44. The molecule has 4 N–H and O–H groups in total. The van der Waals surface area contributed by atoms with Crippen molar-refractivity contribution in [3.05, 3.63) is 17.7 Å². The predicted octanol–water partition coefficient (Wildman–Crippen LogP) is -0.347. The van der Waals surface area contributed by atoms with E-state index in [9.17, 15) is 9.59 Å². The lowest BCUT2D eigenvalue weighted by atomic mass is 9.83. The second-order valence-electron chi connectivity index (χ2n) is 4.17. The number of H-pyrrole nitrogens is 1. The molecule has 2 amide bonds. The van der Waals surface area contributed by atoms with Gasteiger partial charge < -0.3 is 11.1 Å². The molecule has 0 saturated heterocycles. The molecule has 7 nitrogen and oxygen atoms in total. The van der Waals surface area contributed by atoms with Crippen molar-refractivity contribution >= 4 is 28.5 Å². The number of hydrogen-bond donors (Lipinski definition) is 3. The predicted molar refractivity (Wildman–Crippen MR) is 59.1 cm³/mol. The highest BCUT2D eigenvalue weighted by Gasteiger charge is 2.48. The Bertz CT molecular complexity index is 662. The van der Waals surface area contributed by atoms with Crippen LogP contribution in [-0.4, -0.2) is 27.2 Å². The first-order valence-electron chi connectivity index (χ1n) is 5.00. The zero-order chi connectivity index (χ0) is 12.2. The minimum absolute atomic E-state index is 0.416. The van der Waals surface area contributed by atoms with Crippen molar-refractivity contribution in [2.24, 2.45) is 5.73 Å². The Morgan fingerprint density at radius 1 is 1.47 bits per heavy atom. The van der Waals surface area contributed by atoms with E-state index in [1.165, 1.54) is 6.92 Å². The lowest BCUT2D eigenvalue weighted by molar-refractivity contribution is -0.131. The fraction of sp³-hybridized carbons (Fsp3) is 0.200. The lowest BCUT2D eigenvalue weighted by Gasteiger charge is -2.17. The average molecular weight is 231 g/mol. The Morgan fingerprint density at radius 3 is 2.94 bits per heavy atom. The molecule has 2 heterocycles. The van der Waals surface area contributed by atoms with Gasteiger partial charge in [-0.2, -0.15) is 0 Å². The zero-order valence-corrected chi connectivity index (χ0v) is 8.94. The number of carbonyl (C=O) groups is 2. The summed E-state index contributed by atoms with van der Waals surface area (Å²) in [6.07, 6.45) is 0. The van der Waals surface area contributed by atoms with Gasteiger partial charge in [0.05, 0.1) is 5.52 Å². The van der Waals surface area contributed by atoms with Crippen LogP contribution < -0.4 is 11.1 Å². The number of carbonyl (C=O) groups excluding carboxylic acids is 2. The second kappa shape index (κ2) is 2.82. The molecule has 0 saturated carbocycles. The molecule has 1 atom stereocenters. The first-order valence-corrected chi connectivity index (χ1v) is 5.00. The molecule has 1 unspecified atom stereocenters. The molecule has 17 heavy (non-hydrogen) atoms. The summed E-state index contributed by atoms with van der Waals surface area (Å²) in [6, 6.07) is 3.34. The summed E-state index contributed by atoms with van der Waals surface area (Å²) in [5.41, 5.74) is 6.36. The summed E-state index contributed by atoms with van der Waals surface area (Å²) in [5.74, 6) is -1.10. The minimum Gasteiger partial charge on any atom is -0.368 e. The fourth-order valence-corrected chi connectivity index (χ4v) is 2.02. The van der Waals surface area contributed by atoms with Gasteiger partial charge in [-0.15, -0.1) is 5.10 Å². The Kier molecular flexibility index (Phi) is 1.62. The van der Waals surface area contributed by atoms with Gasteiger partial charge in [-0.1, -0.05) is 5.21 Å². The van der Waals surface area contributed by atoms with Gasteiger partial charge in [-0.3, -0.25) is 14.7 Å². The molecular weight excluding hydrogens is 222 g/mol. The summed E-state index contributed by atoms with van der Waals surface area (Å²) in [6.45, 7) is 1.51. The molecule has 1 aromatic heterocycles. The number of benzene rings is 1. The maximum Gasteiger partial charge on any atom is 0.244 e. The molecule has 2 aromatic rings. The number of aromatic amines is 1. The van der Waals surface area contributed by atoms with Crippen LogP contribution in [0.1, 0.15) is 12.5 Å². The first kappa shape index (κ1) is 9.76. The number of rotatable bonds is 1.